The van der Waals surface area contributed by atoms with Crippen molar-refractivity contribution in [1.29, 1.82) is 0 Å². The van der Waals surface area contributed by atoms with Crippen molar-refractivity contribution in [3.05, 3.63) is 28.8 Å². The van der Waals surface area contributed by atoms with Crippen LogP contribution in [-0.4, -0.2) is 70.9 Å². The van der Waals surface area contributed by atoms with E-state index in [1.807, 2.05) is 0 Å². The van der Waals surface area contributed by atoms with Crippen LogP contribution in [0.2, 0.25) is 5.02 Å². The van der Waals surface area contributed by atoms with E-state index >= 15 is 0 Å². The third-order valence-electron chi connectivity index (χ3n) is 4.55. The fraction of sp³-hybridized carbons (Fsp3) is 0.611. The van der Waals surface area contributed by atoms with Gasteiger partial charge in [-0.3, -0.25) is 14.0 Å². The highest BCUT2D eigenvalue weighted by Crippen LogP contribution is 2.28. The Balaban J connectivity index is 1.99. The molecule has 2 rings (SSSR count). The van der Waals surface area contributed by atoms with E-state index in [1.54, 1.807) is 32.0 Å². The van der Waals surface area contributed by atoms with Crippen LogP contribution in [0.25, 0.3) is 0 Å². The number of morpholine rings is 1. The number of nitrogens with zero attached hydrogens (tertiary/aromatic N) is 2. The first-order chi connectivity index (χ1) is 12.7. The Kier molecular flexibility index (Phi) is 7.91. The molecule has 27 heavy (non-hydrogen) atoms. The van der Waals surface area contributed by atoms with Gasteiger partial charge in [0.05, 0.1) is 25.2 Å². The summed E-state index contributed by atoms with van der Waals surface area (Å²) in [6.45, 7) is 8.03. The highest BCUT2D eigenvalue weighted by atomic mass is 35.5. The summed E-state index contributed by atoms with van der Waals surface area (Å²) in [7, 11) is -3.66. The summed E-state index contributed by atoms with van der Waals surface area (Å²) >= 11 is 6.04. The Morgan fingerprint density at radius 3 is 2.67 bits per heavy atom. The van der Waals surface area contributed by atoms with Crippen molar-refractivity contribution < 1.29 is 17.9 Å². The lowest BCUT2D eigenvalue weighted by Gasteiger charge is -2.30. The van der Waals surface area contributed by atoms with Gasteiger partial charge in [-0.25, -0.2) is 8.42 Å². The molecule has 0 saturated carbocycles. The standard InChI is InChI=1S/C18H28ClN3O4S/c1-14-5-6-16(19)13-17(14)22(27(3,24)25)15(2)18(23)20-7-4-8-21-9-11-26-12-10-21/h5-6,13,15H,4,7-12H2,1-3H3,(H,20,23)/t15-/m0/s1. The molecule has 1 aliphatic rings. The Morgan fingerprint density at radius 2 is 2.04 bits per heavy atom. The lowest BCUT2D eigenvalue weighted by molar-refractivity contribution is -0.121. The minimum absolute atomic E-state index is 0.332. The van der Waals surface area contributed by atoms with Crippen LogP contribution in [0.1, 0.15) is 18.9 Å². The van der Waals surface area contributed by atoms with Gasteiger partial charge in [-0.1, -0.05) is 17.7 Å². The number of halogens is 1. The fourth-order valence-corrected chi connectivity index (χ4v) is 4.48. The predicted octanol–water partition coefficient (Wildman–Crippen LogP) is 1.64. The fourth-order valence-electron chi connectivity index (χ4n) is 3.09. The summed E-state index contributed by atoms with van der Waals surface area (Å²) in [5.74, 6) is -0.332. The molecule has 1 aliphatic heterocycles. The molecule has 0 bridgehead atoms. The van der Waals surface area contributed by atoms with Crippen molar-refractivity contribution in [3.8, 4) is 0 Å². The van der Waals surface area contributed by atoms with Gasteiger partial charge in [-0.2, -0.15) is 0 Å². The molecule has 9 heteroatoms. The number of nitrogens with one attached hydrogen (secondary N) is 1. The number of carbonyl (C=O) groups is 1. The molecule has 1 atom stereocenters. The van der Waals surface area contributed by atoms with Crippen LogP contribution < -0.4 is 9.62 Å². The van der Waals surface area contributed by atoms with E-state index in [0.717, 1.165) is 55.4 Å². The number of sulfonamides is 1. The molecule has 1 aromatic rings. The second kappa shape index (κ2) is 9.73. The molecule has 1 heterocycles. The first-order valence-electron chi connectivity index (χ1n) is 9.03. The van der Waals surface area contributed by atoms with E-state index in [4.69, 9.17) is 16.3 Å². The third-order valence-corrected chi connectivity index (χ3v) is 6.01. The maximum absolute atomic E-state index is 12.6. The summed E-state index contributed by atoms with van der Waals surface area (Å²) in [6.07, 6.45) is 1.89. The minimum atomic E-state index is -3.66. The van der Waals surface area contributed by atoms with Gasteiger partial charge in [0.1, 0.15) is 6.04 Å². The number of ether oxygens (including phenoxy) is 1. The monoisotopic (exact) mass is 417 g/mol. The Labute approximate surface area is 166 Å². The van der Waals surface area contributed by atoms with Gasteiger partial charge in [0.2, 0.25) is 15.9 Å². The van der Waals surface area contributed by atoms with Crippen LogP contribution >= 0.6 is 11.6 Å². The topological polar surface area (TPSA) is 79.0 Å². The van der Waals surface area contributed by atoms with Gasteiger partial charge < -0.3 is 10.1 Å². The van der Waals surface area contributed by atoms with Crippen molar-refractivity contribution in [1.82, 2.24) is 10.2 Å². The molecule has 152 valence electrons. The summed E-state index contributed by atoms with van der Waals surface area (Å²) < 4.78 is 31.2. The number of rotatable bonds is 8. The second-order valence-electron chi connectivity index (χ2n) is 6.76. The number of hydrogen-bond acceptors (Lipinski definition) is 5. The number of hydrogen-bond donors (Lipinski definition) is 1. The molecular weight excluding hydrogens is 390 g/mol. The molecule has 1 aromatic carbocycles. The van der Waals surface area contributed by atoms with Crippen molar-refractivity contribution in [2.24, 2.45) is 0 Å². The number of amides is 1. The smallest absolute Gasteiger partial charge is 0.243 e. The van der Waals surface area contributed by atoms with Gasteiger partial charge in [-0.05, 0) is 44.5 Å². The molecule has 1 N–H and O–H groups in total. The molecule has 0 unspecified atom stereocenters. The zero-order valence-corrected chi connectivity index (χ0v) is 17.6. The average Bonchev–Trinajstić information content (AvgIpc) is 2.61. The van der Waals surface area contributed by atoms with Crippen molar-refractivity contribution >= 4 is 33.2 Å². The van der Waals surface area contributed by atoms with E-state index < -0.39 is 16.1 Å². The molecule has 0 aliphatic carbocycles. The molecule has 1 amide bonds. The Bertz CT molecular complexity index is 751. The molecule has 0 radical (unpaired) electrons. The maximum Gasteiger partial charge on any atom is 0.243 e. The van der Waals surface area contributed by atoms with Gasteiger partial charge in [0.15, 0.2) is 0 Å². The summed E-state index contributed by atoms with van der Waals surface area (Å²) in [4.78, 5) is 14.9. The zero-order chi connectivity index (χ0) is 20.0. The maximum atomic E-state index is 12.6. The van der Waals surface area contributed by atoms with E-state index in [-0.39, 0.29) is 5.91 Å². The molecule has 0 spiro atoms. The van der Waals surface area contributed by atoms with Gasteiger partial charge in [0, 0.05) is 24.7 Å². The average molecular weight is 418 g/mol. The quantitative estimate of drug-likeness (QED) is 0.650. The van der Waals surface area contributed by atoms with Crippen LogP contribution in [0.5, 0.6) is 0 Å². The van der Waals surface area contributed by atoms with Gasteiger partial charge in [-0.15, -0.1) is 0 Å². The number of carbonyl (C=O) groups excluding carboxylic acids is 1. The van der Waals surface area contributed by atoms with Gasteiger partial charge >= 0.3 is 0 Å². The minimum Gasteiger partial charge on any atom is -0.379 e. The molecule has 1 saturated heterocycles. The van der Waals surface area contributed by atoms with E-state index in [1.165, 1.54) is 0 Å². The van der Waals surface area contributed by atoms with E-state index in [0.29, 0.717) is 17.3 Å². The van der Waals surface area contributed by atoms with Gasteiger partial charge in [0.25, 0.3) is 0 Å². The van der Waals surface area contributed by atoms with Crippen molar-refractivity contribution in [2.45, 2.75) is 26.3 Å². The summed E-state index contributed by atoms with van der Waals surface area (Å²) in [6, 6.07) is 4.13. The molecule has 7 nitrogen and oxygen atoms in total. The van der Waals surface area contributed by atoms with Crippen LogP contribution in [0, 0.1) is 6.92 Å². The van der Waals surface area contributed by atoms with Crippen LogP contribution in [0.15, 0.2) is 18.2 Å². The SMILES string of the molecule is Cc1ccc(Cl)cc1N([C@@H](C)C(=O)NCCCN1CCOCC1)S(C)(=O)=O. The van der Waals surface area contributed by atoms with E-state index in [2.05, 4.69) is 10.2 Å². The Morgan fingerprint density at radius 1 is 1.37 bits per heavy atom. The summed E-state index contributed by atoms with van der Waals surface area (Å²) in [5.41, 5.74) is 1.15. The molecule has 1 fully saturated rings. The first-order valence-corrected chi connectivity index (χ1v) is 11.3. The van der Waals surface area contributed by atoms with Crippen LogP contribution in [0.3, 0.4) is 0 Å². The predicted molar refractivity (Wildman–Crippen MR) is 108 cm³/mol. The lowest BCUT2D eigenvalue weighted by atomic mass is 10.1. The number of aryl methyl sites for hydroxylation is 1. The van der Waals surface area contributed by atoms with Crippen molar-refractivity contribution in [2.75, 3.05) is 50.0 Å². The lowest BCUT2D eigenvalue weighted by Crippen LogP contribution is -2.48. The highest BCUT2D eigenvalue weighted by Gasteiger charge is 2.30. The highest BCUT2D eigenvalue weighted by molar-refractivity contribution is 7.92. The Hall–Kier alpha value is -1.35. The van der Waals surface area contributed by atoms with Crippen LogP contribution in [-0.2, 0) is 19.6 Å². The molecular formula is C18H28ClN3O4S. The number of anilines is 1. The molecule has 0 aromatic heterocycles. The normalized spacial score (nSPS) is 16.7. The first kappa shape index (κ1) is 21.9. The second-order valence-corrected chi connectivity index (χ2v) is 9.06. The number of benzene rings is 1. The zero-order valence-electron chi connectivity index (χ0n) is 16.1. The summed E-state index contributed by atoms with van der Waals surface area (Å²) in [5, 5.41) is 3.26. The third kappa shape index (κ3) is 6.34. The van der Waals surface area contributed by atoms with Crippen molar-refractivity contribution in [3.63, 3.8) is 0 Å². The van der Waals surface area contributed by atoms with Crippen LogP contribution in [0.4, 0.5) is 5.69 Å². The largest absolute Gasteiger partial charge is 0.379 e. The van der Waals surface area contributed by atoms with E-state index in [9.17, 15) is 13.2 Å².